The van der Waals surface area contributed by atoms with E-state index in [4.69, 9.17) is 9.15 Å². The van der Waals surface area contributed by atoms with Crippen molar-refractivity contribution < 1.29 is 18.7 Å². The number of hydrogen-bond donors (Lipinski definition) is 1. The zero-order valence-electron chi connectivity index (χ0n) is 12.0. The van der Waals surface area contributed by atoms with Crippen LogP contribution in [0.4, 0.5) is 4.79 Å². The molecule has 1 aliphatic rings. The Bertz CT molecular complexity index is 832. The van der Waals surface area contributed by atoms with E-state index >= 15 is 0 Å². The Morgan fingerprint density at radius 2 is 2.17 bits per heavy atom. The second kappa shape index (κ2) is 6.41. The van der Waals surface area contributed by atoms with E-state index in [0.717, 1.165) is 4.47 Å². The van der Waals surface area contributed by atoms with Gasteiger partial charge in [-0.3, -0.25) is 0 Å². The number of halogens is 1. The van der Waals surface area contributed by atoms with Crippen LogP contribution in [0.5, 0.6) is 0 Å². The highest BCUT2D eigenvalue weighted by atomic mass is 79.9. The first-order valence-corrected chi connectivity index (χ1v) is 7.77. The molecule has 7 nitrogen and oxygen atoms in total. The summed E-state index contributed by atoms with van der Waals surface area (Å²) in [6.45, 7) is 1.49. The van der Waals surface area contributed by atoms with Gasteiger partial charge in [0.2, 0.25) is 5.76 Å². The molecule has 2 heterocycles. The molecule has 0 radical (unpaired) electrons. The van der Waals surface area contributed by atoms with Gasteiger partial charge in [-0.25, -0.2) is 14.4 Å². The van der Waals surface area contributed by atoms with Crippen molar-refractivity contribution >= 4 is 38.7 Å². The number of carbonyl (C=O) groups is 2. The maximum Gasteiger partial charge on any atom is 0.374 e. The highest BCUT2D eigenvalue weighted by Crippen LogP contribution is 2.18. The SMILES string of the molecule is O=C(OCCN1CCNC1=O)c1cc2ccc(Br)cc2c(=O)o1. The third-order valence-corrected chi connectivity index (χ3v) is 3.96. The van der Waals surface area contributed by atoms with Crippen molar-refractivity contribution in [1.82, 2.24) is 10.2 Å². The molecule has 0 unspecified atom stereocenters. The minimum Gasteiger partial charge on any atom is -0.458 e. The lowest BCUT2D eigenvalue weighted by atomic mass is 10.2. The van der Waals surface area contributed by atoms with Crippen LogP contribution in [-0.4, -0.2) is 43.1 Å². The van der Waals surface area contributed by atoms with Gasteiger partial charge in [0, 0.05) is 17.6 Å². The number of amides is 2. The molecule has 2 amide bonds. The Morgan fingerprint density at radius 1 is 1.35 bits per heavy atom. The summed E-state index contributed by atoms with van der Waals surface area (Å²) in [5, 5.41) is 3.63. The van der Waals surface area contributed by atoms with E-state index in [9.17, 15) is 14.4 Å². The molecule has 1 saturated heterocycles. The first-order chi connectivity index (χ1) is 11.0. The van der Waals surface area contributed by atoms with Gasteiger partial charge in [-0.05, 0) is 23.6 Å². The van der Waals surface area contributed by atoms with Gasteiger partial charge in [-0.1, -0.05) is 22.0 Å². The summed E-state index contributed by atoms with van der Waals surface area (Å²) < 4.78 is 10.8. The zero-order chi connectivity index (χ0) is 16.4. The van der Waals surface area contributed by atoms with Gasteiger partial charge in [-0.15, -0.1) is 0 Å². The van der Waals surface area contributed by atoms with Crippen molar-refractivity contribution in [3.05, 3.63) is 44.9 Å². The van der Waals surface area contributed by atoms with Gasteiger partial charge in [0.05, 0.1) is 11.9 Å². The van der Waals surface area contributed by atoms with Crippen LogP contribution in [0.15, 0.2) is 37.9 Å². The number of carbonyl (C=O) groups excluding carboxylic acids is 2. The molecular formula is C15H13BrN2O5. The number of hydrogen-bond acceptors (Lipinski definition) is 5. The smallest absolute Gasteiger partial charge is 0.374 e. The zero-order valence-corrected chi connectivity index (χ0v) is 13.6. The standard InChI is InChI=1S/C15H13BrN2O5/c16-10-2-1-9-7-12(23-13(19)11(9)8-10)14(20)22-6-5-18-4-3-17-15(18)21/h1-2,7-8H,3-6H2,(H,17,21). The molecule has 0 spiro atoms. The Hall–Kier alpha value is -2.35. The first kappa shape index (κ1) is 15.5. The van der Waals surface area contributed by atoms with Crippen LogP contribution in [0.3, 0.4) is 0 Å². The van der Waals surface area contributed by atoms with Crippen LogP contribution in [0.1, 0.15) is 10.6 Å². The van der Waals surface area contributed by atoms with Crippen molar-refractivity contribution in [3.63, 3.8) is 0 Å². The average molecular weight is 381 g/mol. The first-order valence-electron chi connectivity index (χ1n) is 6.98. The average Bonchev–Trinajstić information content (AvgIpc) is 2.93. The molecular weight excluding hydrogens is 368 g/mol. The van der Waals surface area contributed by atoms with E-state index in [1.54, 1.807) is 23.1 Å². The fourth-order valence-corrected chi connectivity index (χ4v) is 2.66. The number of nitrogens with zero attached hydrogens (tertiary/aromatic N) is 1. The third kappa shape index (κ3) is 3.37. The van der Waals surface area contributed by atoms with Crippen molar-refractivity contribution in [2.75, 3.05) is 26.2 Å². The van der Waals surface area contributed by atoms with Gasteiger partial charge in [-0.2, -0.15) is 0 Å². The summed E-state index contributed by atoms with van der Waals surface area (Å²) in [5.74, 6) is -0.887. The van der Waals surface area contributed by atoms with Crippen LogP contribution < -0.4 is 10.9 Å². The normalized spacial score (nSPS) is 14.1. The minimum atomic E-state index is -0.730. The lowest BCUT2D eigenvalue weighted by Crippen LogP contribution is -2.31. The Balaban J connectivity index is 1.70. The summed E-state index contributed by atoms with van der Waals surface area (Å²) in [7, 11) is 0. The lowest BCUT2D eigenvalue weighted by molar-refractivity contribution is 0.0441. The highest BCUT2D eigenvalue weighted by Gasteiger charge is 2.20. The van der Waals surface area contributed by atoms with E-state index in [1.165, 1.54) is 6.07 Å². The lowest BCUT2D eigenvalue weighted by Gasteiger charge is -2.13. The monoisotopic (exact) mass is 380 g/mol. The summed E-state index contributed by atoms with van der Waals surface area (Å²) in [6, 6.07) is 6.39. The molecule has 120 valence electrons. The van der Waals surface area contributed by atoms with Crippen LogP contribution in [0.25, 0.3) is 10.8 Å². The van der Waals surface area contributed by atoms with Crippen LogP contribution in [0.2, 0.25) is 0 Å². The number of esters is 1. The largest absolute Gasteiger partial charge is 0.458 e. The maximum atomic E-state index is 12.0. The number of nitrogens with one attached hydrogen (secondary N) is 1. The van der Waals surface area contributed by atoms with Crippen molar-refractivity contribution in [2.24, 2.45) is 0 Å². The molecule has 2 aromatic rings. The summed E-state index contributed by atoms with van der Waals surface area (Å²) in [5.41, 5.74) is -0.602. The van der Waals surface area contributed by atoms with E-state index in [0.29, 0.717) is 30.4 Å². The summed E-state index contributed by atoms with van der Waals surface area (Å²) >= 11 is 3.28. The topological polar surface area (TPSA) is 88.9 Å². The number of urea groups is 1. The van der Waals surface area contributed by atoms with Crippen molar-refractivity contribution in [2.45, 2.75) is 0 Å². The van der Waals surface area contributed by atoms with E-state index in [1.807, 2.05) is 0 Å². The second-order valence-electron chi connectivity index (χ2n) is 4.98. The summed E-state index contributed by atoms with van der Waals surface area (Å²) in [4.78, 5) is 36.8. The molecule has 1 N–H and O–H groups in total. The molecule has 1 aromatic carbocycles. The molecule has 23 heavy (non-hydrogen) atoms. The van der Waals surface area contributed by atoms with Crippen molar-refractivity contribution in [3.8, 4) is 0 Å². The predicted octanol–water partition coefficient (Wildman–Crippen LogP) is 1.74. The van der Waals surface area contributed by atoms with Gasteiger partial charge in [0.25, 0.3) is 0 Å². The molecule has 0 bridgehead atoms. The number of benzene rings is 1. The third-order valence-electron chi connectivity index (χ3n) is 3.47. The molecule has 0 saturated carbocycles. The molecule has 0 atom stereocenters. The van der Waals surface area contributed by atoms with Gasteiger partial charge < -0.3 is 19.4 Å². The van der Waals surface area contributed by atoms with E-state index < -0.39 is 11.6 Å². The number of rotatable bonds is 4. The minimum absolute atomic E-state index is 0.0361. The molecule has 1 aromatic heterocycles. The molecule has 3 rings (SSSR count). The van der Waals surface area contributed by atoms with Gasteiger partial charge >= 0.3 is 17.6 Å². The predicted molar refractivity (Wildman–Crippen MR) is 85.4 cm³/mol. The molecule has 8 heteroatoms. The second-order valence-corrected chi connectivity index (χ2v) is 5.90. The maximum absolute atomic E-state index is 12.0. The fraction of sp³-hybridized carbons (Fsp3) is 0.267. The number of ether oxygens (including phenoxy) is 1. The van der Waals surface area contributed by atoms with E-state index in [2.05, 4.69) is 21.2 Å². The molecule has 1 fully saturated rings. The molecule has 0 aliphatic carbocycles. The van der Waals surface area contributed by atoms with Crippen LogP contribution in [-0.2, 0) is 4.74 Å². The van der Waals surface area contributed by atoms with Gasteiger partial charge in [0.1, 0.15) is 6.61 Å². The van der Waals surface area contributed by atoms with Gasteiger partial charge in [0.15, 0.2) is 0 Å². The quantitative estimate of drug-likeness (QED) is 0.816. The Labute approximate surface area is 139 Å². The fourth-order valence-electron chi connectivity index (χ4n) is 2.30. The summed E-state index contributed by atoms with van der Waals surface area (Å²) in [6.07, 6.45) is 0. The van der Waals surface area contributed by atoms with E-state index in [-0.39, 0.29) is 18.4 Å². The Morgan fingerprint density at radius 3 is 2.91 bits per heavy atom. The molecule has 1 aliphatic heterocycles. The van der Waals surface area contributed by atoms with Crippen molar-refractivity contribution in [1.29, 1.82) is 0 Å². The van der Waals surface area contributed by atoms with Crippen LogP contribution in [0, 0.1) is 0 Å². The number of fused-ring (bicyclic) bond motifs is 1. The van der Waals surface area contributed by atoms with Crippen LogP contribution >= 0.6 is 15.9 Å². The Kier molecular flexibility index (Phi) is 4.33. The highest BCUT2D eigenvalue weighted by molar-refractivity contribution is 9.10.